The maximum Gasteiger partial charge on any atom is 0.269 e. The minimum Gasteiger partial charge on any atom is -0.352 e. The number of hydrogen-bond acceptors (Lipinski definition) is 6. The van der Waals surface area contributed by atoms with E-state index in [1.165, 1.54) is 41.3 Å². The van der Waals surface area contributed by atoms with Crippen molar-refractivity contribution in [1.29, 1.82) is 0 Å². The number of carbonyl (C=O) groups is 2. The Hall–Kier alpha value is -4.25. The number of nitrogens with zero attached hydrogens (tertiary/aromatic N) is 3. The van der Waals surface area contributed by atoms with Crippen molar-refractivity contribution >= 4 is 33.2 Å². The van der Waals surface area contributed by atoms with Gasteiger partial charge in [-0.05, 0) is 61.6 Å². The van der Waals surface area contributed by atoms with Crippen LogP contribution in [0.5, 0.6) is 0 Å². The second kappa shape index (κ2) is 14.3. The molecule has 11 heteroatoms. The Morgan fingerprint density at radius 2 is 1.58 bits per heavy atom. The van der Waals surface area contributed by atoms with Gasteiger partial charge in [-0.3, -0.25) is 24.0 Å². The Kier molecular flexibility index (Phi) is 10.5. The van der Waals surface area contributed by atoms with Crippen LogP contribution in [-0.4, -0.2) is 48.7 Å². The fourth-order valence-electron chi connectivity index (χ4n) is 5.42. The molecule has 43 heavy (non-hydrogen) atoms. The predicted octanol–water partition coefficient (Wildman–Crippen LogP) is 5.35. The minimum atomic E-state index is -4.26. The predicted molar refractivity (Wildman–Crippen MR) is 165 cm³/mol. The van der Waals surface area contributed by atoms with Crippen LogP contribution in [0.3, 0.4) is 0 Å². The quantitative estimate of drug-likeness (QED) is 0.218. The van der Waals surface area contributed by atoms with Crippen LogP contribution in [0.4, 0.5) is 11.4 Å². The van der Waals surface area contributed by atoms with Crippen LogP contribution in [0.2, 0.25) is 0 Å². The van der Waals surface area contributed by atoms with Gasteiger partial charge in [-0.1, -0.05) is 68.7 Å². The topological polar surface area (TPSA) is 130 Å². The number of non-ortho nitro benzene ring substituents is 1. The maximum atomic E-state index is 14.2. The molecule has 1 saturated carbocycles. The Morgan fingerprint density at radius 3 is 2.19 bits per heavy atom. The van der Waals surface area contributed by atoms with E-state index in [0.717, 1.165) is 47.5 Å². The molecule has 1 aliphatic carbocycles. The Bertz CT molecular complexity index is 1520. The first-order chi connectivity index (χ1) is 20.6. The first-order valence-corrected chi connectivity index (χ1v) is 16.0. The summed E-state index contributed by atoms with van der Waals surface area (Å²) >= 11 is 0. The van der Waals surface area contributed by atoms with Gasteiger partial charge in [0.2, 0.25) is 11.8 Å². The van der Waals surface area contributed by atoms with Crippen molar-refractivity contribution in [2.75, 3.05) is 10.8 Å². The Balaban J connectivity index is 1.72. The van der Waals surface area contributed by atoms with E-state index in [9.17, 15) is 28.1 Å². The lowest BCUT2D eigenvalue weighted by atomic mass is 9.95. The average molecular weight is 607 g/mol. The molecule has 0 spiro atoms. The number of hydrogen-bond donors (Lipinski definition) is 1. The van der Waals surface area contributed by atoms with E-state index in [4.69, 9.17) is 0 Å². The van der Waals surface area contributed by atoms with Gasteiger partial charge in [0.25, 0.3) is 15.7 Å². The molecule has 228 valence electrons. The molecule has 1 N–H and O–H groups in total. The molecule has 0 heterocycles. The molecule has 0 radical (unpaired) electrons. The number of nitro benzene ring substituents is 1. The zero-order valence-electron chi connectivity index (χ0n) is 24.5. The number of nitro groups is 1. The number of nitrogens with one attached hydrogen (secondary N) is 1. The van der Waals surface area contributed by atoms with Gasteiger partial charge in [0.15, 0.2) is 0 Å². The van der Waals surface area contributed by atoms with E-state index in [1.807, 2.05) is 38.1 Å². The van der Waals surface area contributed by atoms with Gasteiger partial charge in [0.1, 0.15) is 12.6 Å². The van der Waals surface area contributed by atoms with Crippen LogP contribution in [-0.2, 0) is 26.2 Å². The number of sulfonamides is 1. The van der Waals surface area contributed by atoms with Crippen LogP contribution < -0.4 is 9.62 Å². The second-order valence-electron chi connectivity index (χ2n) is 10.8. The average Bonchev–Trinajstić information content (AvgIpc) is 3.01. The third-order valence-corrected chi connectivity index (χ3v) is 9.69. The van der Waals surface area contributed by atoms with Crippen LogP contribution in [0.25, 0.3) is 0 Å². The van der Waals surface area contributed by atoms with Gasteiger partial charge in [0.05, 0.1) is 15.5 Å². The highest BCUT2D eigenvalue weighted by Crippen LogP contribution is 2.27. The second-order valence-corrected chi connectivity index (χ2v) is 12.7. The monoisotopic (exact) mass is 606 g/mol. The van der Waals surface area contributed by atoms with E-state index in [0.29, 0.717) is 6.42 Å². The highest BCUT2D eigenvalue weighted by molar-refractivity contribution is 7.92. The summed E-state index contributed by atoms with van der Waals surface area (Å²) < 4.78 is 28.7. The molecule has 2 amide bonds. The number of rotatable bonds is 12. The van der Waals surface area contributed by atoms with E-state index >= 15 is 0 Å². The molecule has 0 aromatic heterocycles. The lowest BCUT2D eigenvalue weighted by Crippen LogP contribution is -2.54. The number of benzene rings is 3. The van der Waals surface area contributed by atoms with Crippen molar-refractivity contribution in [3.8, 4) is 0 Å². The number of carbonyl (C=O) groups excluding carboxylic acids is 2. The normalized spacial score (nSPS) is 14.5. The number of aryl methyl sites for hydroxylation is 1. The summed E-state index contributed by atoms with van der Waals surface area (Å²) in [5.41, 5.74) is 1.66. The first kappa shape index (κ1) is 31.7. The van der Waals surface area contributed by atoms with E-state index in [-0.39, 0.29) is 34.8 Å². The third-order valence-electron chi connectivity index (χ3n) is 7.90. The molecule has 0 aliphatic heterocycles. The summed E-state index contributed by atoms with van der Waals surface area (Å²) in [6, 6.07) is 19.5. The van der Waals surface area contributed by atoms with Gasteiger partial charge in [-0.15, -0.1) is 0 Å². The van der Waals surface area contributed by atoms with Gasteiger partial charge in [-0.25, -0.2) is 8.42 Å². The van der Waals surface area contributed by atoms with Crippen molar-refractivity contribution < 1.29 is 22.9 Å². The molecule has 10 nitrogen and oxygen atoms in total. The molecule has 4 rings (SSSR count). The van der Waals surface area contributed by atoms with Crippen molar-refractivity contribution in [2.24, 2.45) is 0 Å². The summed E-state index contributed by atoms with van der Waals surface area (Å²) in [6.07, 6.45) is 5.31. The lowest BCUT2D eigenvalue weighted by Gasteiger charge is -2.34. The summed E-state index contributed by atoms with van der Waals surface area (Å²) in [5, 5.41) is 14.4. The van der Waals surface area contributed by atoms with Crippen molar-refractivity contribution in [2.45, 2.75) is 75.9 Å². The lowest BCUT2D eigenvalue weighted by molar-refractivity contribution is -0.384. The zero-order chi connectivity index (χ0) is 31.0. The molecule has 1 atom stereocenters. The van der Waals surface area contributed by atoms with Crippen LogP contribution in [0, 0.1) is 17.0 Å². The molecule has 3 aromatic rings. The molecule has 3 aromatic carbocycles. The highest BCUT2D eigenvalue weighted by atomic mass is 32.2. The van der Waals surface area contributed by atoms with E-state index < -0.39 is 33.4 Å². The summed E-state index contributed by atoms with van der Waals surface area (Å²) in [5.74, 6) is -0.823. The van der Waals surface area contributed by atoms with E-state index in [1.54, 1.807) is 18.2 Å². The zero-order valence-corrected chi connectivity index (χ0v) is 25.3. The fraction of sp³-hybridized carbons (Fsp3) is 0.375. The standard InChI is InChI=1S/C32H38N4O6S/c1-3-30(32(38)33-26-14-6-4-7-15-26)34(22-25-13-11-10-12-24(25)2)31(37)23-35(27-18-20-28(21-19-27)36(39)40)43(41,42)29-16-8-5-9-17-29/h5,8-13,16-21,26,30H,3-4,6-7,14-15,22-23H2,1-2H3,(H,33,38). The van der Waals surface area contributed by atoms with Crippen molar-refractivity contribution in [1.82, 2.24) is 10.2 Å². The first-order valence-electron chi connectivity index (χ1n) is 14.6. The number of anilines is 1. The maximum absolute atomic E-state index is 14.2. The Morgan fingerprint density at radius 1 is 0.953 bits per heavy atom. The number of amides is 2. The molecule has 0 bridgehead atoms. The molecule has 1 unspecified atom stereocenters. The largest absolute Gasteiger partial charge is 0.352 e. The van der Waals surface area contributed by atoms with Crippen LogP contribution in [0.15, 0.2) is 83.8 Å². The van der Waals surface area contributed by atoms with E-state index in [2.05, 4.69) is 5.32 Å². The smallest absolute Gasteiger partial charge is 0.269 e. The van der Waals surface area contributed by atoms with Gasteiger partial charge in [0, 0.05) is 24.7 Å². The molecular weight excluding hydrogens is 568 g/mol. The SMILES string of the molecule is CCC(C(=O)NC1CCCCC1)N(Cc1ccccc1C)C(=O)CN(c1ccc([N+](=O)[O-])cc1)S(=O)(=O)c1ccccc1. The third kappa shape index (κ3) is 7.78. The molecule has 1 fully saturated rings. The molecular formula is C32H38N4O6S. The summed E-state index contributed by atoms with van der Waals surface area (Å²) in [6.45, 7) is 3.26. The Labute approximate surface area is 252 Å². The van der Waals surface area contributed by atoms with Crippen molar-refractivity contribution in [3.05, 3.63) is 100 Å². The fourth-order valence-corrected chi connectivity index (χ4v) is 6.86. The van der Waals surface area contributed by atoms with Gasteiger partial charge >= 0.3 is 0 Å². The van der Waals surface area contributed by atoms with Gasteiger partial charge in [-0.2, -0.15) is 0 Å². The molecule has 1 aliphatic rings. The van der Waals surface area contributed by atoms with Gasteiger partial charge < -0.3 is 10.2 Å². The van der Waals surface area contributed by atoms with Crippen LogP contribution >= 0.6 is 0 Å². The summed E-state index contributed by atoms with van der Waals surface area (Å²) in [4.78, 5) is 40.0. The van der Waals surface area contributed by atoms with Crippen molar-refractivity contribution in [3.63, 3.8) is 0 Å². The minimum absolute atomic E-state index is 0.0336. The summed E-state index contributed by atoms with van der Waals surface area (Å²) in [7, 11) is -4.26. The van der Waals surface area contributed by atoms with Crippen LogP contribution in [0.1, 0.15) is 56.6 Å². The molecule has 0 saturated heterocycles. The highest BCUT2D eigenvalue weighted by Gasteiger charge is 2.34.